The van der Waals surface area contributed by atoms with Crippen molar-refractivity contribution in [3.05, 3.63) is 133 Å². The van der Waals surface area contributed by atoms with Crippen molar-refractivity contribution in [2.45, 2.75) is 6.18 Å². The van der Waals surface area contributed by atoms with Crippen LogP contribution in [0.5, 0.6) is 0 Å². The molecule has 0 aliphatic carbocycles. The fourth-order valence-corrected chi connectivity index (χ4v) is 5.01. The molecular formula is C35H21F3N2O. The molecule has 7 aromatic rings. The molecule has 2 heterocycles. The zero-order chi connectivity index (χ0) is 28.0. The summed E-state index contributed by atoms with van der Waals surface area (Å²) < 4.78 is 44.5. The van der Waals surface area contributed by atoms with Crippen molar-refractivity contribution < 1.29 is 17.6 Å². The summed E-state index contributed by atoms with van der Waals surface area (Å²) in [4.78, 5) is 8.71. The Morgan fingerprint density at radius 2 is 0.976 bits per heavy atom. The molecule has 3 nitrogen and oxygen atoms in total. The van der Waals surface area contributed by atoms with E-state index in [1.807, 2.05) is 48.5 Å². The van der Waals surface area contributed by atoms with Crippen molar-refractivity contribution >= 4 is 22.0 Å². The Morgan fingerprint density at radius 3 is 1.49 bits per heavy atom. The molecule has 2 aromatic heterocycles. The Balaban J connectivity index is 1.11. The third-order valence-corrected chi connectivity index (χ3v) is 7.23. The Morgan fingerprint density at radius 1 is 0.512 bits per heavy atom. The Kier molecular flexibility index (Phi) is 5.89. The normalized spacial score (nSPS) is 11.8. The van der Waals surface area contributed by atoms with Crippen LogP contribution in [0.3, 0.4) is 0 Å². The van der Waals surface area contributed by atoms with Crippen LogP contribution in [0, 0.1) is 0 Å². The zero-order valence-corrected chi connectivity index (χ0v) is 21.6. The van der Waals surface area contributed by atoms with Gasteiger partial charge in [0.15, 0.2) is 11.2 Å². The van der Waals surface area contributed by atoms with Crippen LogP contribution in [0.25, 0.3) is 66.8 Å². The zero-order valence-electron chi connectivity index (χ0n) is 21.6. The lowest BCUT2D eigenvalue weighted by Crippen LogP contribution is -2.03. The van der Waals surface area contributed by atoms with Crippen molar-refractivity contribution in [3.8, 4) is 44.8 Å². The number of halogens is 3. The number of nitrogens with zero attached hydrogens (tertiary/aromatic N) is 2. The van der Waals surface area contributed by atoms with E-state index in [-0.39, 0.29) is 0 Å². The van der Waals surface area contributed by atoms with E-state index in [0.717, 1.165) is 61.8 Å². The van der Waals surface area contributed by atoms with Gasteiger partial charge in [-0.2, -0.15) is 18.2 Å². The van der Waals surface area contributed by atoms with Crippen molar-refractivity contribution in [1.82, 2.24) is 9.97 Å². The number of oxazole rings is 1. The average molecular weight is 543 g/mol. The molecule has 0 atom stereocenters. The molecule has 0 saturated heterocycles. The lowest BCUT2D eigenvalue weighted by Gasteiger charge is -2.10. The predicted molar refractivity (Wildman–Crippen MR) is 156 cm³/mol. The number of hydrogen-bond acceptors (Lipinski definition) is 3. The highest BCUT2D eigenvalue weighted by Gasteiger charge is 2.29. The van der Waals surface area contributed by atoms with Gasteiger partial charge in [0.25, 0.3) is 0 Å². The molecule has 6 heteroatoms. The van der Waals surface area contributed by atoms with Gasteiger partial charge in [-0.15, -0.1) is 0 Å². The Bertz CT molecular complexity index is 1970. The molecular weight excluding hydrogens is 521 g/mol. The molecule has 0 radical (unpaired) electrons. The third kappa shape index (κ3) is 4.85. The lowest BCUT2D eigenvalue weighted by atomic mass is 9.96. The second-order valence-corrected chi connectivity index (χ2v) is 9.85. The second-order valence-electron chi connectivity index (χ2n) is 9.85. The Hall–Kier alpha value is -5.23. The van der Waals surface area contributed by atoms with E-state index in [4.69, 9.17) is 4.42 Å². The first kappa shape index (κ1) is 24.8. The van der Waals surface area contributed by atoms with Gasteiger partial charge in [-0.05, 0) is 92.7 Å². The van der Waals surface area contributed by atoms with Gasteiger partial charge in [0.2, 0.25) is 5.89 Å². The van der Waals surface area contributed by atoms with Gasteiger partial charge in [0.1, 0.15) is 0 Å². The number of aromatic nitrogens is 2. The number of alkyl halides is 3. The maximum absolute atomic E-state index is 12.9. The van der Waals surface area contributed by atoms with Gasteiger partial charge in [-0.25, -0.2) is 4.98 Å². The van der Waals surface area contributed by atoms with Crippen molar-refractivity contribution in [1.29, 1.82) is 0 Å². The molecule has 0 amide bonds. The summed E-state index contributed by atoms with van der Waals surface area (Å²) in [5.74, 6) is 0.545. The van der Waals surface area contributed by atoms with Gasteiger partial charge in [0.05, 0.1) is 5.56 Å². The molecule has 0 unspecified atom stereocenters. The maximum Gasteiger partial charge on any atom is 0.416 e. The summed E-state index contributed by atoms with van der Waals surface area (Å²) in [5.41, 5.74) is 7.42. The third-order valence-electron chi connectivity index (χ3n) is 7.23. The van der Waals surface area contributed by atoms with E-state index in [1.54, 1.807) is 6.20 Å². The molecule has 0 spiro atoms. The molecule has 0 aliphatic rings. The minimum Gasteiger partial charge on any atom is -0.434 e. The van der Waals surface area contributed by atoms with Gasteiger partial charge >= 0.3 is 6.18 Å². The lowest BCUT2D eigenvalue weighted by molar-refractivity contribution is -0.137. The van der Waals surface area contributed by atoms with E-state index in [2.05, 4.69) is 58.5 Å². The molecule has 0 N–H and O–H groups in total. The van der Waals surface area contributed by atoms with Crippen LogP contribution in [0.1, 0.15) is 5.56 Å². The molecule has 7 rings (SSSR count). The molecule has 0 aliphatic heterocycles. The highest BCUT2D eigenvalue weighted by atomic mass is 19.4. The van der Waals surface area contributed by atoms with E-state index in [0.29, 0.717) is 17.1 Å². The number of hydrogen-bond donors (Lipinski definition) is 0. The maximum atomic E-state index is 12.9. The first-order valence-electron chi connectivity index (χ1n) is 13.0. The van der Waals surface area contributed by atoms with Gasteiger partial charge in [-0.3, -0.25) is 0 Å². The Labute approximate surface area is 233 Å². The van der Waals surface area contributed by atoms with E-state index >= 15 is 0 Å². The molecule has 198 valence electrons. The first-order valence-corrected chi connectivity index (χ1v) is 13.0. The van der Waals surface area contributed by atoms with Crippen LogP contribution in [0.15, 0.2) is 132 Å². The topological polar surface area (TPSA) is 38.9 Å². The summed E-state index contributed by atoms with van der Waals surface area (Å²) in [6.45, 7) is 0. The highest BCUT2D eigenvalue weighted by molar-refractivity contribution is 5.91. The molecule has 0 saturated carbocycles. The number of benzene rings is 5. The van der Waals surface area contributed by atoms with Gasteiger partial charge < -0.3 is 4.42 Å². The monoisotopic (exact) mass is 542 g/mol. The summed E-state index contributed by atoms with van der Waals surface area (Å²) in [7, 11) is 0. The van der Waals surface area contributed by atoms with Crippen LogP contribution < -0.4 is 0 Å². The fraction of sp³-hybridized carbons (Fsp3) is 0.0286. The average Bonchev–Trinajstić information content (AvgIpc) is 3.45. The van der Waals surface area contributed by atoms with Crippen LogP contribution in [-0.2, 0) is 6.18 Å². The summed E-state index contributed by atoms with van der Waals surface area (Å²) >= 11 is 0. The first-order chi connectivity index (χ1) is 19.9. The fourth-order valence-electron chi connectivity index (χ4n) is 5.01. The van der Waals surface area contributed by atoms with E-state index < -0.39 is 11.7 Å². The van der Waals surface area contributed by atoms with Gasteiger partial charge in [-0.1, -0.05) is 72.8 Å². The summed E-state index contributed by atoms with van der Waals surface area (Å²) in [6.07, 6.45) is -2.64. The van der Waals surface area contributed by atoms with Crippen LogP contribution in [-0.4, -0.2) is 9.97 Å². The van der Waals surface area contributed by atoms with Crippen molar-refractivity contribution in [3.63, 3.8) is 0 Å². The number of fused-ring (bicyclic) bond motifs is 2. The minimum atomic E-state index is -4.34. The standard InChI is InChI=1S/C35H21F3N2O/c36-35(37,38)31-17-15-23(16-18-31)22-3-5-24(6-4-22)27-11-13-30-21-28(12-14-29(30)20-27)25-7-9-26(10-8-25)34-40-33-32(41-34)2-1-19-39-33/h1-21H. The molecule has 5 aromatic carbocycles. The largest absolute Gasteiger partial charge is 0.434 e. The van der Waals surface area contributed by atoms with E-state index in [1.165, 1.54) is 12.1 Å². The summed E-state index contributed by atoms with van der Waals surface area (Å²) in [5, 5.41) is 2.25. The van der Waals surface area contributed by atoms with Crippen molar-refractivity contribution in [2.75, 3.05) is 0 Å². The predicted octanol–water partition coefficient (Wildman–Crippen LogP) is 10.1. The van der Waals surface area contributed by atoms with Crippen LogP contribution in [0.2, 0.25) is 0 Å². The minimum absolute atomic E-state index is 0.545. The van der Waals surface area contributed by atoms with Crippen molar-refractivity contribution in [2.24, 2.45) is 0 Å². The highest BCUT2D eigenvalue weighted by Crippen LogP contribution is 2.33. The molecule has 41 heavy (non-hydrogen) atoms. The van der Waals surface area contributed by atoms with Gasteiger partial charge in [0, 0.05) is 11.8 Å². The molecule has 0 bridgehead atoms. The SMILES string of the molecule is FC(F)(F)c1ccc(-c2ccc(-c3ccc4cc(-c5ccc(-c6nc7ncccc7o6)cc5)ccc4c3)cc2)cc1. The summed E-state index contributed by atoms with van der Waals surface area (Å²) in [6, 6.07) is 37.7. The van der Waals surface area contributed by atoms with E-state index in [9.17, 15) is 13.2 Å². The quantitative estimate of drug-likeness (QED) is 0.222. The second kappa shape index (κ2) is 9.75. The van der Waals surface area contributed by atoms with Crippen LogP contribution >= 0.6 is 0 Å². The number of rotatable bonds is 4. The number of pyridine rings is 1. The van der Waals surface area contributed by atoms with Crippen LogP contribution in [0.4, 0.5) is 13.2 Å². The smallest absolute Gasteiger partial charge is 0.416 e. The molecule has 0 fully saturated rings.